The van der Waals surface area contributed by atoms with Crippen molar-refractivity contribution in [3.8, 4) is 22.8 Å². The molecule has 5 rings (SSSR count). The molecule has 172 valence electrons. The summed E-state index contributed by atoms with van der Waals surface area (Å²) in [6.07, 6.45) is 8.92. The highest BCUT2D eigenvalue weighted by atomic mass is 16.5. The zero-order valence-electron chi connectivity index (χ0n) is 19.4. The molecule has 0 aliphatic heterocycles. The Hall–Kier alpha value is -4.47. The van der Waals surface area contributed by atoms with Crippen LogP contribution in [0.5, 0.6) is 11.5 Å². The zero-order valence-corrected chi connectivity index (χ0v) is 19.4. The van der Waals surface area contributed by atoms with Crippen molar-refractivity contribution in [2.24, 2.45) is 7.05 Å². The number of anilines is 2. The number of methoxy groups -OCH3 is 2. The van der Waals surface area contributed by atoms with Gasteiger partial charge in [-0.25, -0.2) is 15.0 Å². The highest BCUT2D eigenvalue weighted by molar-refractivity contribution is 5.77. The van der Waals surface area contributed by atoms with Crippen LogP contribution < -0.4 is 14.4 Å². The number of hydrogen-bond donors (Lipinski definition) is 1. The van der Waals surface area contributed by atoms with Crippen LogP contribution in [0.1, 0.15) is 11.4 Å². The van der Waals surface area contributed by atoms with Gasteiger partial charge in [-0.05, 0) is 19.1 Å². The number of aryl methyl sites for hydroxylation is 1. The van der Waals surface area contributed by atoms with E-state index in [2.05, 4.69) is 25.0 Å². The fourth-order valence-electron chi connectivity index (χ4n) is 3.81. The minimum atomic E-state index is 0.457. The van der Waals surface area contributed by atoms with Gasteiger partial charge in [-0.3, -0.25) is 9.67 Å². The van der Waals surface area contributed by atoms with E-state index in [0.29, 0.717) is 35.0 Å². The van der Waals surface area contributed by atoms with E-state index in [0.717, 1.165) is 28.4 Å². The van der Waals surface area contributed by atoms with Crippen molar-refractivity contribution in [2.75, 3.05) is 19.1 Å². The number of rotatable bonds is 7. The summed E-state index contributed by atoms with van der Waals surface area (Å²) in [5, 5.41) is 4.23. The molecule has 34 heavy (non-hydrogen) atoms. The first-order valence-electron chi connectivity index (χ1n) is 10.7. The molecule has 0 radical (unpaired) electrons. The fourth-order valence-corrected chi connectivity index (χ4v) is 3.81. The van der Waals surface area contributed by atoms with Gasteiger partial charge >= 0.3 is 0 Å². The van der Waals surface area contributed by atoms with Crippen LogP contribution in [-0.4, -0.2) is 48.9 Å². The second-order valence-electron chi connectivity index (χ2n) is 7.77. The molecule has 0 fully saturated rings. The smallest absolute Gasteiger partial charge is 0.180 e. The monoisotopic (exact) mass is 456 g/mol. The van der Waals surface area contributed by atoms with Crippen LogP contribution in [0.4, 0.5) is 11.5 Å². The number of hydrogen-bond acceptors (Lipinski definition) is 8. The number of aromatic nitrogens is 7. The van der Waals surface area contributed by atoms with Crippen LogP contribution >= 0.6 is 0 Å². The summed E-state index contributed by atoms with van der Waals surface area (Å²) < 4.78 is 12.9. The first-order valence-corrected chi connectivity index (χ1v) is 10.7. The maximum absolute atomic E-state index is 5.61. The molecule has 0 aliphatic carbocycles. The van der Waals surface area contributed by atoms with Gasteiger partial charge < -0.3 is 19.4 Å². The second kappa shape index (κ2) is 8.81. The Morgan fingerprint density at radius 1 is 1.06 bits per heavy atom. The third kappa shape index (κ3) is 4.01. The summed E-state index contributed by atoms with van der Waals surface area (Å²) in [7, 11) is 5.15. The summed E-state index contributed by atoms with van der Waals surface area (Å²) in [6, 6.07) is 7.67. The molecule has 0 spiro atoms. The van der Waals surface area contributed by atoms with Crippen LogP contribution in [0.3, 0.4) is 0 Å². The molecule has 0 amide bonds. The molecule has 0 saturated heterocycles. The van der Waals surface area contributed by atoms with E-state index in [9.17, 15) is 0 Å². The summed E-state index contributed by atoms with van der Waals surface area (Å²) in [6.45, 7) is 2.46. The van der Waals surface area contributed by atoms with Crippen LogP contribution in [0.25, 0.3) is 22.4 Å². The van der Waals surface area contributed by atoms with Crippen LogP contribution in [-0.2, 0) is 13.6 Å². The number of ether oxygens (including phenoxy) is 2. The van der Waals surface area contributed by atoms with Crippen LogP contribution in [0.15, 0.2) is 55.2 Å². The van der Waals surface area contributed by atoms with E-state index in [1.807, 2.05) is 44.4 Å². The predicted molar refractivity (Wildman–Crippen MR) is 128 cm³/mol. The Morgan fingerprint density at radius 3 is 2.65 bits per heavy atom. The third-order valence-electron chi connectivity index (χ3n) is 5.58. The number of imidazole rings is 1. The van der Waals surface area contributed by atoms with E-state index in [1.54, 1.807) is 43.7 Å². The Balaban J connectivity index is 1.65. The maximum Gasteiger partial charge on any atom is 0.180 e. The largest absolute Gasteiger partial charge is 0.497 e. The van der Waals surface area contributed by atoms with E-state index in [4.69, 9.17) is 19.4 Å². The third-order valence-corrected chi connectivity index (χ3v) is 5.58. The van der Waals surface area contributed by atoms with Crippen molar-refractivity contribution >= 4 is 22.7 Å². The molecule has 0 aliphatic rings. The van der Waals surface area contributed by atoms with Gasteiger partial charge in [-0.15, -0.1) is 0 Å². The standard InChI is InChI=1S/C24H24N8O2/c1-15-20(9-17(33-3)10-21(15)34-4)32(14-22-25-7-8-26-22)23-6-5-18-24(30-23)29-19(12-27-18)16-11-28-31(2)13-16/h5-13H,14H2,1-4H3,(H,25,26). The lowest BCUT2D eigenvalue weighted by Gasteiger charge is -2.26. The second-order valence-corrected chi connectivity index (χ2v) is 7.77. The van der Waals surface area contributed by atoms with E-state index in [-0.39, 0.29) is 0 Å². The zero-order chi connectivity index (χ0) is 23.7. The van der Waals surface area contributed by atoms with Gasteiger partial charge in [0.05, 0.1) is 44.5 Å². The lowest BCUT2D eigenvalue weighted by atomic mass is 10.1. The quantitative estimate of drug-likeness (QED) is 0.394. The van der Waals surface area contributed by atoms with E-state index >= 15 is 0 Å². The summed E-state index contributed by atoms with van der Waals surface area (Å²) >= 11 is 0. The molecule has 0 saturated carbocycles. The van der Waals surface area contributed by atoms with Gasteiger partial charge in [-0.1, -0.05) is 0 Å². The van der Waals surface area contributed by atoms with Gasteiger partial charge in [0.15, 0.2) is 5.65 Å². The lowest BCUT2D eigenvalue weighted by molar-refractivity contribution is 0.392. The molecule has 4 heterocycles. The fraction of sp³-hybridized carbons (Fsp3) is 0.208. The Bertz CT molecular complexity index is 1450. The van der Waals surface area contributed by atoms with Crippen molar-refractivity contribution in [1.82, 2.24) is 34.7 Å². The van der Waals surface area contributed by atoms with Gasteiger partial charge in [-0.2, -0.15) is 5.10 Å². The Morgan fingerprint density at radius 2 is 1.94 bits per heavy atom. The summed E-state index contributed by atoms with van der Waals surface area (Å²) in [5.41, 5.74) is 4.67. The topological polar surface area (TPSA) is 107 Å². The molecule has 0 unspecified atom stereocenters. The highest BCUT2D eigenvalue weighted by Crippen LogP contribution is 2.38. The molecule has 1 aromatic carbocycles. The SMILES string of the molecule is COc1cc(OC)c(C)c(N(Cc2ncc[nH]2)c2ccc3ncc(-c4cnn(C)c4)nc3n2)c1. The number of fused-ring (bicyclic) bond motifs is 1. The molecular formula is C24H24N8O2. The van der Waals surface area contributed by atoms with Crippen LogP contribution in [0.2, 0.25) is 0 Å². The average molecular weight is 457 g/mol. The molecular weight excluding hydrogens is 432 g/mol. The van der Waals surface area contributed by atoms with Gasteiger partial charge in [0.2, 0.25) is 0 Å². The van der Waals surface area contributed by atoms with Crippen molar-refractivity contribution in [2.45, 2.75) is 13.5 Å². The minimum Gasteiger partial charge on any atom is -0.497 e. The lowest BCUT2D eigenvalue weighted by Crippen LogP contribution is -2.20. The number of pyridine rings is 1. The normalized spacial score (nSPS) is 11.1. The molecule has 5 aromatic rings. The molecule has 10 nitrogen and oxygen atoms in total. The molecule has 0 atom stereocenters. The van der Waals surface area contributed by atoms with Gasteiger partial charge in [0.25, 0.3) is 0 Å². The molecule has 4 aromatic heterocycles. The predicted octanol–water partition coefficient (Wildman–Crippen LogP) is 3.81. The molecule has 10 heteroatoms. The van der Waals surface area contributed by atoms with Crippen molar-refractivity contribution in [1.29, 1.82) is 0 Å². The van der Waals surface area contributed by atoms with Gasteiger partial charge in [0, 0.05) is 48.9 Å². The van der Waals surface area contributed by atoms with Crippen molar-refractivity contribution in [3.63, 3.8) is 0 Å². The molecule has 0 bridgehead atoms. The first-order chi connectivity index (χ1) is 16.6. The minimum absolute atomic E-state index is 0.457. The highest BCUT2D eigenvalue weighted by Gasteiger charge is 2.20. The van der Waals surface area contributed by atoms with E-state index < -0.39 is 0 Å². The van der Waals surface area contributed by atoms with E-state index in [1.165, 1.54) is 0 Å². The number of nitrogens with one attached hydrogen (secondary N) is 1. The van der Waals surface area contributed by atoms with Gasteiger partial charge in [0.1, 0.15) is 28.7 Å². The summed E-state index contributed by atoms with van der Waals surface area (Å²) in [5.74, 6) is 2.89. The maximum atomic E-state index is 5.61. The number of nitrogens with zero attached hydrogens (tertiary/aromatic N) is 7. The molecule has 1 N–H and O–H groups in total. The van der Waals surface area contributed by atoms with Crippen molar-refractivity contribution in [3.05, 3.63) is 66.6 Å². The number of aromatic amines is 1. The number of benzene rings is 1. The average Bonchev–Trinajstić information content (AvgIpc) is 3.54. The number of H-pyrrole nitrogens is 1. The first kappa shape index (κ1) is 21.4. The Kier molecular flexibility index (Phi) is 5.54. The van der Waals surface area contributed by atoms with Crippen LogP contribution in [0, 0.1) is 6.92 Å². The van der Waals surface area contributed by atoms with Crippen molar-refractivity contribution < 1.29 is 9.47 Å². The summed E-state index contributed by atoms with van der Waals surface area (Å²) in [4.78, 5) is 23.8. The Labute approximate surface area is 196 Å².